The summed E-state index contributed by atoms with van der Waals surface area (Å²) in [4.78, 5) is 34.1. The number of hydrogen-bond acceptors (Lipinski definition) is 6. The molecule has 0 aliphatic rings. The summed E-state index contributed by atoms with van der Waals surface area (Å²) in [6.07, 6.45) is 4.78. The van der Waals surface area contributed by atoms with E-state index in [4.69, 9.17) is 5.41 Å². The average Bonchev–Trinajstić information content (AvgIpc) is 3.17. The molecule has 2 N–H and O–H groups in total. The number of carbonyl (C=O) groups is 1. The average molecular weight is 378 g/mol. The fraction of sp³-hybridized carbons (Fsp3) is 0.0556. The van der Waals surface area contributed by atoms with Gasteiger partial charge in [-0.05, 0) is 18.2 Å². The molecule has 4 rings (SSSR count). The minimum absolute atomic E-state index is 0.0522. The van der Waals surface area contributed by atoms with Gasteiger partial charge < -0.3 is 4.57 Å². The van der Waals surface area contributed by atoms with Crippen LogP contribution in [-0.4, -0.2) is 24.8 Å². The summed E-state index contributed by atoms with van der Waals surface area (Å²) in [5, 5.41) is 13.5. The van der Waals surface area contributed by atoms with Crippen LogP contribution >= 0.6 is 11.3 Å². The van der Waals surface area contributed by atoms with Crippen molar-refractivity contribution in [1.29, 1.82) is 5.41 Å². The molecule has 0 fully saturated rings. The van der Waals surface area contributed by atoms with Crippen molar-refractivity contribution in [3.05, 3.63) is 76.1 Å². The van der Waals surface area contributed by atoms with Crippen molar-refractivity contribution in [2.75, 3.05) is 5.32 Å². The van der Waals surface area contributed by atoms with E-state index in [9.17, 15) is 9.59 Å². The van der Waals surface area contributed by atoms with Gasteiger partial charge in [0.05, 0.1) is 10.9 Å². The fourth-order valence-electron chi connectivity index (χ4n) is 2.82. The molecule has 4 heterocycles. The van der Waals surface area contributed by atoms with Crippen LogP contribution in [0.25, 0.3) is 16.7 Å². The largest absolute Gasteiger partial charge is 0.306 e. The standard InChI is InChI=1S/C18H14N6O2S/c1-2-7-24-14(19)11(16(25)22-18-20-6-9-27-18)10-12-15(24)21-13-5-3-4-8-23(13)17(12)26/h2-6,8-10,19H,1,7H2,(H,20,22,25). The van der Waals surface area contributed by atoms with Crippen LogP contribution in [0.5, 0.6) is 0 Å². The molecule has 4 aromatic heterocycles. The van der Waals surface area contributed by atoms with Crippen molar-refractivity contribution in [3.8, 4) is 0 Å². The highest BCUT2D eigenvalue weighted by atomic mass is 32.1. The number of rotatable bonds is 4. The Balaban J connectivity index is 2.01. The van der Waals surface area contributed by atoms with E-state index >= 15 is 0 Å². The normalized spacial score (nSPS) is 11.0. The van der Waals surface area contributed by atoms with Crippen LogP contribution in [0.2, 0.25) is 0 Å². The molecule has 27 heavy (non-hydrogen) atoms. The zero-order chi connectivity index (χ0) is 19.0. The quantitative estimate of drug-likeness (QED) is 0.419. The highest BCUT2D eigenvalue weighted by Gasteiger charge is 2.17. The van der Waals surface area contributed by atoms with Gasteiger partial charge in [0.25, 0.3) is 11.5 Å². The minimum atomic E-state index is -0.507. The van der Waals surface area contributed by atoms with E-state index in [0.717, 1.165) is 0 Å². The lowest BCUT2D eigenvalue weighted by molar-refractivity contribution is 0.102. The van der Waals surface area contributed by atoms with Crippen LogP contribution in [0.3, 0.4) is 0 Å². The highest BCUT2D eigenvalue weighted by Crippen LogP contribution is 2.14. The van der Waals surface area contributed by atoms with Crippen LogP contribution < -0.4 is 16.4 Å². The summed E-state index contributed by atoms with van der Waals surface area (Å²) in [7, 11) is 0. The van der Waals surface area contributed by atoms with E-state index in [1.54, 1.807) is 42.0 Å². The Hall–Kier alpha value is -3.59. The first-order chi connectivity index (χ1) is 13.1. The summed E-state index contributed by atoms with van der Waals surface area (Å²) in [6.45, 7) is 3.94. The second-order valence-electron chi connectivity index (χ2n) is 5.68. The first-order valence-corrected chi connectivity index (χ1v) is 8.89. The zero-order valence-corrected chi connectivity index (χ0v) is 14.9. The second kappa shape index (κ2) is 6.61. The van der Waals surface area contributed by atoms with Crippen LogP contribution in [0.4, 0.5) is 5.13 Å². The summed E-state index contributed by atoms with van der Waals surface area (Å²) in [6, 6.07) is 6.64. The van der Waals surface area contributed by atoms with Gasteiger partial charge in [0, 0.05) is 24.3 Å². The van der Waals surface area contributed by atoms with E-state index < -0.39 is 5.91 Å². The Morgan fingerprint density at radius 1 is 1.41 bits per heavy atom. The number of amides is 1. The molecule has 0 aromatic carbocycles. The topological polar surface area (TPSA) is 105 Å². The van der Waals surface area contributed by atoms with Crippen LogP contribution in [0, 0.1) is 5.41 Å². The molecular weight excluding hydrogens is 364 g/mol. The summed E-state index contributed by atoms with van der Waals surface area (Å²) >= 11 is 1.27. The van der Waals surface area contributed by atoms with Gasteiger partial charge in [-0.1, -0.05) is 12.1 Å². The maximum Gasteiger partial charge on any atom is 0.267 e. The molecule has 1 amide bonds. The molecule has 0 aliphatic heterocycles. The number of pyridine rings is 2. The molecule has 8 nitrogen and oxygen atoms in total. The molecule has 0 saturated carbocycles. The van der Waals surface area contributed by atoms with Crippen molar-refractivity contribution in [3.63, 3.8) is 0 Å². The first-order valence-electron chi connectivity index (χ1n) is 8.01. The van der Waals surface area contributed by atoms with Gasteiger partial charge >= 0.3 is 0 Å². The Labute approximate surface area is 156 Å². The number of allylic oxidation sites excluding steroid dienone is 1. The number of aromatic nitrogens is 4. The maximum absolute atomic E-state index is 12.9. The summed E-state index contributed by atoms with van der Waals surface area (Å²) < 4.78 is 2.90. The minimum Gasteiger partial charge on any atom is -0.306 e. The number of fused-ring (bicyclic) bond motifs is 2. The van der Waals surface area contributed by atoms with Crippen molar-refractivity contribution in [2.24, 2.45) is 0 Å². The van der Waals surface area contributed by atoms with Crippen molar-refractivity contribution in [1.82, 2.24) is 18.9 Å². The lowest BCUT2D eigenvalue weighted by atomic mass is 10.2. The molecule has 0 saturated heterocycles. The predicted octanol–water partition coefficient (Wildman–Crippen LogP) is 2.02. The molecule has 0 bridgehead atoms. The molecular formula is C18H14N6O2S. The lowest BCUT2D eigenvalue weighted by Gasteiger charge is -2.13. The van der Waals surface area contributed by atoms with E-state index in [0.29, 0.717) is 16.4 Å². The fourth-order valence-corrected chi connectivity index (χ4v) is 3.34. The highest BCUT2D eigenvalue weighted by molar-refractivity contribution is 7.13. The van der Waals surface area contributed by atoms with Crippen molar-refractivity contribution >= 4 is 39.1 Å². The molecule has 0 aliphatic carbocycles. The Morgan fingerprint density at radius 3 is 3.00 bits per heavy atom. The molecule has 0 spiro atoms. The van der Waals surface area contributed by atoms with E-state index in [1.807, 2.05) is 0 Å². The van der Waals surface area contributed by atoms with Gasteiger partial charge in [-0.2, -0.15) is 0 Å². The molecule has 0 atom stereocenters. The SMILES string of the molecule is C=CCn1c(=N)c(C(=O)Nc2nccs2)cc2c(=O)n3ccccc3nc21. The number of nitrogens with one attached hydrogen (secondary N) is 2. The Kier molecular flexibility index (Phi) is 4.13. The Bertz CT molecular complexity index is 1300. The molecule has 4 aromatic rings. The third-order valence-electron chi connectivity index (χ3n) is 4.03. The first kappa shape index (κ1) is 16.9. The molecule has 0 unspecified atom stereocenters. The summed E-state index contributed by atoms with van der Waals surface area (Å²) in [5.74, 6) is -0.507. The molecule has 0 radical (unpaired) electrons. The van der Waals surface area contributed by atoms with Crippen LogP contribution in [0.1, 0.15) is 10.4 Å². The van der Waals surface area contributed by atoms with Gasteiger partial charge in [0.1, 0.15) is 16.8 Å². The van der Waals surface area contributed by atoms with Gasteiger partial charge in [-0.15, -0.1) is 17.9 Å². The van der Waals surface area contributed by atoms with Gasteiger partial charge in [0.2, 0.25) is 0 Å². The van der Waals surface area contributed by atoms with Gasteiger partial charge in [-0.25, -0.2) is 9.97 Å². The number of nitrogens with zero attached hydrogens (tertiary/aromatic N) is 4. The summed E-state index contributed by atoms with van der Waals surface area (Å²) in [5.41, 5.74) is 0.503. The zero-order valence-electron chi connectivity index (χ0n) is 14.0. The smallest absolute Gasteiger partial charge is 0.267 e. The van der Waals surface area contributed by atoms with Crippen molar-refractivity contribution < 1.29 is 4.79 Å². The monoisotopic (exact) mass is 378 g/mol. The second-order valence-corrected chi connectivity index (χ2v) is 6.57. The van der Waals surface area contributed by atoms with Crippen LogP contribution in [-0.2, 0) is 6.54 Å². The van der Waals surface area contributed by atoms with Crippen molar-refractivity contribution in [2.45, 2.75) is 6.54 Å². The van der Waals surface area contributed by atoms with Crippen LogP contribution in [0.15, 0.2) is 59.5 Å². The van der Waals surface area contributed by atoms with Gasteiger partial charge in [-0.3, -0.25) is 24.7 Å². The molecule has 134 valence electrons. The van der Waals surface area contributed by atoms with E-state index in [1.165, 1.54) is 26.4 Å². The number of thiazole rings is 1. The third-order valence-corrected chi connectivity index (χ3v) is 4.72. The number of anilines is 1. The van der Waals surface area contributed by atoms with E-state index in [-0.39, 0.29) is 28.5 Å². The lowest BCUT2D eigenvalue weighted by Crippen LogP contribution is -2.32. The number of hydrogen-bond donors (Lipinski definition) is 2. The van der Waals surface area contributed by atoms with E-state index in [2.05, 4.69) is 21.9 Å². The predicted molar refractivity (Wildman–Crippen MR) is 103 cm³/mol. The van der Waals surface area contributed by atoms with Gasteiger partial charge in [0.15, 0.2) is 5.13 Å². The molecule has 9 heteroatoms. The Morgan fingerprint density at radius 2 is 2.26 bits per heavy atom. The number of carbonyl (C=O) groups excluding carboxylic acids is 1. The third kappa shape index (κ3) is 2.83. The maximum atomic E-state index is 12.9.